The van der Waals surface area contributed by atoms with Crippen LogP contribution in [0.25, 0.3) is 5.70 Å². The second-order valence-electron chi connectivity index (χ2n) is 4.18. The van der Waals surface area contributed by atoms with Gasteiger partial charge in [-0.3, -0.25) is 5.41 Å². The molecule has 2 aromatic rings. The highest BCUT2D eigenvalue weighted by Crippen LogP contribution is 2.12. The number of hydrogen-bond acceptors (Lipinski definition) is 2. The van der Waals surface area contributed by atoms with Gasteiger partial charge in [0.15, 0.2) is 0 Å². The summed E-state index contributed by atoms with van der Waals surface area (Å²) in [5.41, 5.74) is 14.1. The maximum absolute atomic E-state index is 7.63. The Balaban J connectivity index is 2.43. The molecule has 0 aliphatic carbocycles. The van der Waals surface area contributed by atoms with E-state index in [1.165, 1.54) is 0 Å². The molecule has 0 bridgehead atoms. The predicted octanol–water partition coefficient (Wildman–Crippen LogP) is 2.34. The minimum absolute atomic E-state index is 0.130. The molecule has 0 aliphatic rings. The lowest BCUT2D eigenvalue weighted by molar-refractivity contribution is 1.42. The van der Waals surface area contributed by atoms with E-state index >= 15 is 0 Å². The van der Waals surface area contributed by atoms with E-state index in [0.717, 1.165) is 11.1 Å². The summed E-state index contributed by atoms with van der Waals surface area (Å²) in [6.45, 7) is 0. The first-order valence-corrected chi connectivity index (χ1v) is 6.15. The third kappa shape index (κ3) is 3.27. The van der Waals surface area contributed by atoms with Gasteiger partial charge in [-0.05, 0) is 17.7 Å². The molecule has 3 nitrogen and oxygen atoms in total. The van der Waals surface area contributed by atoms with Crippen LogP contribution < -0.4 is 11.5 Å². The monoisotopic (exact) mass is 261 g/mol. The molecule has 0 atom stereocenters. The molecule has 0 heterocycles. The average Bonchev–Trinajstić information content (AvgIpc) is 2.49. The van der Waals surface area contributed by atoms with Crippen molar-refractivity contribution in [3.63, 3.8) is 0 Å². The summed E-state index contributed by atoms with van der Waals surface area (Å²) in [5.74, 6) is 5.73. The number of rotatable bonds is 2. The van der Waals surface area contributed by atoms with Crippen molar-refractivity contribution in [1.29, 1.82) is 5.41 Å². The molecule has 2 rings (SSSR count). The van der Waals surface area contributed by atoms with Crippen molar-refractivity contribution in [2.75, 3.05) is 0 Å². The van der Waals surface area contributed by atoms with Crippen LogP contribution in [0.5, 0.6) is 0 Å². The van der Waals surface area contributed by atoms with Gasteiger partial charge in [0, 0.05) is 5.56 Å². The van der Waals surface area contributed by atoms with Gasteiger partial charge in [-0.15, -0.1) is 0 Å². The zero-order valence-corrected chi connectivity index (χ0v) is 10.9. The van der Waals surface area contributed by atoms with Crippen LogP contribution in [0.3, 0.4) is 0 Å². The van der Waals surface area contributed by atoms with Crippen molar-refractivity contribution in [2.45, 2.75) is 0 Å². The van der Waals surface area contributed by atoms with Crippen LogP contribution in [0.4, 0.5) is 0 Å². The van der Waals surface area contributed by atoms with Gasteiger partial charge in [0.25, 0.3) is 0 Å². The zero-order valence-electron chi connectivity index (χ0n) is 10.9. The predicted molar refractivity (Wildman–Crippen MR) is 82.8 cm³/mol. The molecule has 2 aromatic carbocycles. The van der Waals surface area contributed by atoms with Crippen molar-refractivity contribution < 1.29 is 0 Å². The highest BCUT2D eigenvalue weighted by molar-refractivity contribution is 6.05. The molecular weight excluding hydrogens is 246 g/mol. The number of nitrogens with two attached hydrogens (primary N) is 2. The fourth-order valence-electron chi connectivity index (χ4n) is 1.70. The van der Waals surface area contributed by atoms with Gasteiger partial charge < -0.3 is 11.5 Å². The first kappa shape index (κ1) is 13.4. The van der Waals surface area contributed by atoms with Crippen LogP contribution in [0.2, 0.25) is 0 Å². The lowest BCUT2D eigenvalue weighted by atomic mass is 10.1. The third-order valence-corrected chi connectivity index (χ3v) is 2.73. The second kappa shape index (κ2) is 6.26. The fourth-order valence-corrected chi connectivity index (χ4v) is 1.70. The van der Waals surface area contributed by atoms with E-state index in [9.17, 15) is 0 Å². The van der Waals surface area contributed by atoms with Gasteiger partial charge >= 0.3 is 0 Å². The van der Waals surface area contributed by atoms with Gasteiger partial charge in [0.2, 0.25) is 0 Å². The minimum atomic E-state index is -0.130. The second-order valence-corrected chi connectivity index (χ2v) is 4.18. The van der Waals surface area contributed by atoms with Gasteiger partial charge in [-0.25, -0.2) is 0 Å². The Morgan fingerprint density at radius 3 is 1.95 bits per heavy atom. The van der Waals surface area contributed by atoms with Gasteiger partial charge in [-0.2, -0.15) is 0 Å². The SMILES string of the molecule is N=C(N)C(C#Cc1ccccc1)=C(N)c1ccccc1. The van der Waals surface area contributed by atoms with Crippen molar-refractivity contribution in [3.05, 3.63) is 77.4 Å². The lowest BCUT2D eigenvalue weighted by Gasteiger charge is -2.05. The minimum Gasteiger partial charge on any atom is -0.397 e. The summed E-state index contributed by atoms with van der Waals surface area (Å²) in [4.78, 5) is 0. The molecule has 0 unspecified atom stereocenters. The molecular formula is C17H15N3. The summed E-state index contributed by atoms with van der Waals surface area (Å²) in [7, 11) is 0. The first-order chi connectivity index (χ1) is 9.68. The Kier molecular flexibility index (Phi) is 4.21. The molecule has 0 fully saturated rings. The molecule has 0 spiro atoms. The lowest BCUT2D eigenvalue weighted by Crippen LogP contribution is -2.16. The van der Waals surface area contributed by atoms with Crippen molar-refractivity contribution in [1.82, 2.24) is 0 Å². The Bertz CT molecular complexity index is 689. The molecule has 0 amide bonds. The van der Waals surface area contributed by atoms with E-state index in [4.69, 9.17) is 16.9 Å². The summed E-state index contributed by atoms with van der Waals surface area (Å²) in [6, 6.07) is 18.9. The molecule has 5 N–H and O–H groups in total. The average molecular weight is 261 g/mol. The summed E-state index contributed by atoms with van der Waals surface area (Å²) in [6.07, 6.45) is 0. The third-order valence-electron chi connectivity index (χ3n) is 2.73. The number of nitrogens with one attached hydrogen (secondary N) is 1. The molecule has 0 aliphatic heterocycles. The highest BCUT2D eigenvalue weighted by Gasteiger charge is 2.06. The van der Waals surface area contributed by atoms with Crippen molar-refractivity contribution in [3.8, 4) is 11.8 Å². The number of benzene rings is 2. The van der Waals surface area contributed by atoms with Crippen LogP contribution in [0, 0.1) is 17.3 Å². The van der Waals surface area contributed by atoms with Gasteiger partial charge in [-0.1, -0.05) is 60.4 Å². The van der Waals surface area contributed by atoms with Crippen LogP contribution >= 0.6 is 0 Å². The number of amidine groups is 1. The molecule has 0 saturated carbocycles. The number of hydrogen-bond donors (Lipinski definition) is 3. The summed E-state index contributed by atoms with van der Waals surface area (Å²) < 4.78 is 0. The Hall–Kier alpha value is -2.99. The summed E-state index contributed by atoms with van der Waals surface area (Å²) in [5, 5.41) is 7.63. The maximum atomic E-state index is 7.63. The van der Waals surface area contributed by atoms with E-state index in [0.29, 0.717) is 11.3 Å². The summed E-state index contributed by atoms with van der Waals surface area (Å²) >= 11 is 0. The van der Waals surface area contributed by atoms with Gasteiger partial charge in [0.05, 0.1) is 11.3 Å². The van der Waals surface area contributed by atoms with Crippen LogP contribution in [0.1, 0.15) is 11.1 Å². The first-order valence-electron chi connectivity index (χ1n) is 6.15. The van der Waals surface area contributed by atoms with E-state index in [2.05, 4.69) is 11.8 Å². The van der Waals surface area contributed by atoms with E-state index < -0.39 is 0 Å². The Morgan fingerprint density at radius 1 is 0.850 bits per heavy atom. The standard InChI is InChI=1S/C17H15N3/c18-16(14-9-5-2-6-10-14)15(17(19)20)12-11-13-7-3-1-4-8-13/h1-10H,18H2,(H3,19,20). The Labute approximate surface area is 118 Å². The van der Waals surface area contributed by atoms with Crippen LogP contribution in [0.15, 0.2) is 66.2 Å². The Morgan fingerprint density at radius 2 is 1.40 bits per heavy atom. The molecule has 0 aromatic heterocycles. The van der Waals surface area contributed by atoms with E-state index in [-0.39, 0.29) is 5.84 Å². The van der Waals surface area contributed by atoms with Crippen LogP contribution in [-0.4, -0.2) is 5.84 Å². The molecule has 98 valence electrons. The highest BCUT2D eigenvalue weighted by atomic mass is 14.7. The quantitative estimate of drug-likeness (QED) is 0.441. The smallest absolute Gasteiger partial charge is 0.133 e. The molecule has 20 heavy (non-hydrogen) atoms. The van der Waals surface area contributed by atoms with Crippen LogP contribution in [-0.2, 0) is 0 Å². The molecule has 0 radical (unpaired) electrons. The largest absolute Gasteiger partial charge is 0.397 e. The van der Waals surface area contributed by atoms with E-state index in [1.807, 2.05) is 60.7 Å². The van der Waals surface area contributed by atoms with Gasteiger partial charge in [0.1, 0.15) is 5.84 Å². The normalized spacial score (nSPS) is 11.0. The van der Waals surface area contributed by atoms with E-state index in [1.54, 1.807) is 0 Å². The topological polar surface area (TPSA) is 75.9 Å². The fraction of sp³-hybridized carbons (Fsp3) is 0. The molecule has 0 saturated heterocycles. The van der Waals surface area contributed by atoms with Crippen molar-refractivity contribution in [2.24, 2.45) is 11.5 Å². The maximum Gasteiger partial charge on any atom is 0.133 e. The van der Waals surface area contributed by atoms with Crippen molar-refractivity contribution >= 4 is 11.5 Å². The zero-order chi connectivity index (χ0) is 14.4. The molecule has 3 heteroatoms.